The minimum absolute atomic E-state index is 0.0617. The van der Waals surface area contributed by atoms with Crippen molar-refractivity contribution in [2.45, 2.75) is 45.7 Å². The van der Waals surface area contributed by atoms with Crippen molar-refractivity contribution in [2.75, 3.05) is 10.6 Å². The van der Waals surface area contributed by atoms with Crippen LogP contribution in [-0.4, -0.2) is 19.9 Å². The van der Waals surface area contributed by atoms with E-state index >= 15 is 0 Å². The lowest BCUT2D eigenvalue weighted by atomic mass is 10.1. The average molecular weight is 375 g/mol. The zero-order valence-corrected chi connectivity index (χ0v) is 16.4. The maximum Gasteiger partial charge on any atom is 0.225 e. The summed E-state index contributed by atoms with van der Waals surface area (Å²) < 4.78 is 0. The average Bonchev–Trinajstić information content (AvgIpc) is 3.28. The Morgan fingerprint density at radius 2 is 1.44 bits per heavy atom. The molecule has 2 atom stereocenters. The van der Waals surface area contributed by atoms with Crippen LogP contribution in [-0.2, 0) is 0 Å². The van der Waals surface area contributed by atoms with Crippen LogP contribution in [0.2, 0.25) is 0 Å². The molecule has 3 heterocycles. The lowest BCUT2D eigenvalue weighted by molar-refractivity contribution is 0.790. The van der Waals surface area contributed by atoms with E-state index in [1.54, 1.807) is 22.7 Å². The summed E-state index contributed by atoms with van der Waals surface area (Å²) in [7, 11) is 0. The zero-order valence-electron chi connectivity index (χ0n) is 14.7. The van der Waals surface area contributed by atoms with Gasteiger partial charge in [0.2, 0.25) is 5.95 Å². The number of aromatic nitrogens is 4. The van der Waals surface area contributed by atoms with E-state index in [9.17, 15) is 0 Å². The van der Waals surface area contributed by atoms with E-state index in [0.717, 1.165) is 21.5 Å². The molecule has 0 aromatic carbocycles. The van der Waals surface area contributed by atoms with Crippen molar-refractivity contribution in [2.24, 2.45) is 0 Å². The van der Waals surface area contributed by atoms with Gasteiger partial charge in [0.25, 0.3) is 0 Å². The van der Waals surface area contributed by atoms with Gasteiger partial charge in [-0.3, -0.25) is 0 Å². The highest BCUT2D eigenvalue weighted by molar-refractivity contribution is 7.09. The van der Waals surface area contributed by atoms with Gasteiger partial charge in [-0.25, -0.2) is 15.0 Å². The van der Waals surface area contributed by atoms with Gasteiger partial charge in [0, 0.05) is 29.2 Å². The Balaban J connectivity index is 1.81. The van der Waals surface area contributed by atoms with Crippen LogP contribution in [0.3, 0.4) is 0 Å². The standard InChI is InChI=1S/C17H22N6S2/c1-10(2)13-9-14(20-11(3)15-18-5-7-24-15)23-17(22-13)21-12(4)16-19-6-8-25-16/h5-12H,1-4H3,(H2,20,21,22,23). The highest BCUT2D eigenvalue weighted by Crippen LogP contribution is 2.25. The molecule has 0 radical (unpaired) electrons. The van der Waals surface area contributed by atoms with E-state index in [2.05, 4.69) is 58.3 Å². The van der Waals surface area contributed by atoms with Crippen molar-refractivity contribution >= 4 is 34.4 Å². The van der Waals surface area contributed by atoms with Crippen molar-refractivity contribution in [3.8, 4) is 0 Å². The fraction of sp³-hybridized carbons (Fsp3) is 0.412. The first-order valence-corrected chi connectivity index (χ1v) is 9.99. The number of anilines is 2. The van der Waals surface area contributed by atoms with Gasteiger partial charge in [0.1, 0.15) is 15.8 Å². The maximum atomic E-state index is 4.65. The fourth-order valence-electron chi connectivity index (χ4n) is 2.34. The summed E-state index contributed by atoms with van der Waals surface area (Å²) in [5, 5.41) is 12.8. The summed E-state index contributed by atoms with van der Waals surface area (Å²) in [6, 6.07) is 2.17. The molecule has 0 amide bonds. The second-order valence-electron chi connectivity index (χ2n) is 6.13. The lowest BCUT2D eigenvalue weighted by Gasteiger charge is -2.17. The Labute approximate surface area is 155 Å². The van der Waals surface area contributed by atoms with Crippen LogP contribution >= 0.6 is 22.7 Å². The molecule has 3 aromatic rings. The minimum Gasteiger partial charge on any atom is -0.361 e. The molecule has 0 aliphatic carbocycles. The van der Waals surface area contributed by atoms with Gasteiger partial charge < -0.3 is 10.6 Å². The number of rotatable bonds is 7. The molecule has 0 saturated carbocycles. The number of thiazole rings is 2. The predicted octanol–water partition coefficient (Wildman–Crippen LogP) is 4.86. The van der Waals surface area contributed by atoms with Gasteiger partial charge >= 0.3 is 0 Å². The normalized spacial score (nSPS) is 13.6. The number of hydrogen-bond donors (Lipinski definition) is 2. The molecule has 0 fully saturated rings. The Morgan fingerprint density at radius 3 is 1.96 bits per heavy atom. The van der Waals surface area contributed by atoms with Crippen molar-refractivity contribution in [1.82, 2.24) is 19.9 Å². The zero-order chi connectivity index (χ0) is 17.8. The quantitative estimate of drug-likeness (QED) is 0.615. The summed E-state index contributed by atoms with van der Waals surface area (Å²) in [4.78, 5) is 18.0. The topological polar surface area (TPSA) is 75.6 Å². The van der Waals surface area contributed by atoms with Gasteiger partial charge in [0.05, 0.1) is 17.8 Å². The van der Waals surface area contributed by atoms with Gasteiger partial charge in [-0.2, -0.15) is 4.98 Å². The molecule has 2 N–H and O–H groups in total. The Kier molecular flexibility index (Phi) is 5.60. The number of nitrogens with one attached hydrogen (secondary N) is 2. The molecule has 0 saturated heterocycles. The molecular weight excluding hydrogens is 352 g/mol. The van der Waals surface area contributed by atoms with Gasteiger partial charge in [0.15, 0.2) is 0 Å². The molecule has 0 aliphatic rings. The van der Waals surface area contributed by atoms with Gasteiger partial charge in [-0.1, -0.05) is 13.8 Å². The SMILES string of the molecule is CC(C)c1cc(NC(C)c2nccs2)nc(NC(C)c2nccs2)n1. The summed E-state index contributed by atoms with van der Waals surface area (Å²) >= 11 is 3.26. The molecule has 3 aromatic heterocycles. The van der Waals surface area contributed by atoms with E-state index in [1.165, 1.54) is 0 Å². The molecular formula is C17H22N6S2. The molecule has 0 spiro atoms. The van der Waals surface area contributed by atoms with Crippen LogP contribution in [0.1, 0.15) is 61.4 Å². The summed E-state index contributed by atoms with van der Waals surface area (Å²) in [6.45, 7) is 8.41. The Bertz CT molecular complexity index is 725. The fourth-order valence-corrected chi connectivity index (χ4v) is 3.63. The second kappa shape index (κ2) is 7.88. The summed E-state index contributed by atoms with van der Waals surface area (Å²) in [5.41, 5.74) is 0.998. The lowest BCUT2D eigenvalue weighted by Crippen LogP contribution is -2.14. The van der Waals surface area contributed by atoms with E-state index in [1.807, 2.05) is 29.2 Å². The highest BCUT2D eigenvalue weighted by atomic mass is 32.1. The molecule has 2 unspecified atom stereocenters. The number of hydrogen-bond acceptors (Lipinski definition) is 8. The molecule has 0 aliphatic heterocycles. The largest absolute Gasteiger partial charge is 0.361 e. The Morgan fingerprint density at radius 1 is 0.840 bits per heavy atom. The molecule has 132 valence electrons. The second-order valence-corrected chi connectivity index (χ2v) is 7.98. The third-order valence-electron chi connectivity index (χ3n) is 3.69. The van der Waals surface area contributed by atoms with Crippen LogP contribution in [0.4, 0.5) is 11.8 Å². The molecule has 25 heavy (non-hydrogen) atoms. The maximum absolute atomic E-state index is 4.65. The molecule has 6 nitrogen and oxygen atoms in total. The van der Waals surface area contributed by atoms with E-state index in [4.69, 9.17) is 0 Å². The van der Waals surface area contributed by atoms with Crippen LogP contribution < -0.4 is 10.6 Å². The predicted molar refractivity (Wildman–Crippen MR) is 104 cm³/mol. The smallest absolute Gasteiger partial charge is 0.225 e. The number of nitrogens with zero attached hydrogens (tertiary/aromatic N) is 4. The van der Waals surface area contributed by atoms with E-state index in [-0.39, 0.29) is 12.1 Å². The van der Waals surface area contributed by atoms with E-state index < -0.39 is 0 Å². The third-order valence-corrected chi connectivity index (χ3v) is 5.61. The van der Waals surface area contributed by atoms with Crippen molar-refractivity contribution in [3.05, 3.63) is 44.9 Å². The van der Waals surface area contributed by atoms with Gasteiger partial charge in [-0.15, -0.1) is 22.7 Å². The Hall–Kier alpha value is -2.06. The van der Waals surface area contributed by atoms with Crippen LogP contribution in [0, 0.1) is 0 Å². The van der Waals surface area contributed by atoms with Gasteiger partial charge in [-0.05, 0) is 19.8 Å². The van der Waals surface area contributed by atoms with Crippen molar-refractivity contribution in [1.29, 1.82) is 0 Å². The first-order chi connectivity index (χ1) is 12.0. The van der Waals surface area contributed by atoms with Crippen molar-refractivity contribution in [3.63, 3.8) is 0 Å². The minimum atomic E-state index is 0.0617. The monoisotopic (exact) mass is 374 g/mol. The van der Waals surface area contributed by atoms with E-state index in [0.29, 0.717) is 11.9 Å². The molecule has 8 heteroatoms. The third kappa shape index (κ3) is 4.52. The molecule has 3 rings (SSSR count). The first kappa shape index (κ1) is 17.8. The summed E-state index contributed by atoms with van der Waals surface area (Å²) in [6.07, 6.45) is 3.63. The van der Waals surface area contributed by atoms with Crippen LogP contribution in [0.5, 0.6) is 0 Å². The van der Waals surface area contributed by atoms with Crippen molar-refractivity contribution < 1.29 is 0 Å². The highest BCUT2D eigenvalue weighted by Gasteiger charge is 2.15. The van der Waals surface area contributed by atoms with Crippen LogP contribution in [0.25, 0.3) is 0 Å². The van der Waals surface area contributed by atoms with Crippen LogP contribution in [0.15, 0.2) is 29.2 Å². The summed E-state index contributed by atoms with van der Waals surface area (Å²) in [5.74, 6) is 1.73. The molecule has 0 bridgehead atoms. The first-order valence-electron chi connectivity index (χ1n) is 8.23.